The minimum absolute atomic E-state index is 0.0441. The monoisotopic (exact) mass is 279 g/mol. The van der Waals surface area contributed by atoms with Gasteiger partial charge >= 0.3 is 0 Å². The quantitative estimate of drug-likeness (QED) is 0.422. The fraction of sp³-hybridized carbons (Fsp3) is 0.583. The number of pyridine rings is 1. The zero-order valence-electron chi connectivity index (χ0n) is 10.9. The number of hydrogen-bond donors (Lipinski definition) is 3. The predicted octanol–water partition coefficient (Wildman–Crippen LogP) is 1.25. The zero-order valence-corrected chi connectivity index (χ0v) is 10.9. The van der Waals surface area contributed by atoms with E-state index in [0.29, 0.717) is 11.7 Å². The van der Waals surface area contributed by atoms with E-state index in [1.807, 2.05) is 0 Å². The largest absolute Gasteiger partial charge is 0.376 e. The Morgan fingerprint density at radius 3 is 2.75 bits per heavy atom. The van der Waals surface area contributed by atoms with E-state index in [1.54, 1.807) is 0 Å². The Kier molecular flexibility index (Phi) is 3.41. The van der Waals surface area contributed by atoms with Crippen molar-refractivity contribution < 1.29 is 9.66 Å². The van der Waals surface area contributed by atoms with Crippen LogP contribution in [0.25, 0.3) is 0 Å². The maximum absolute atomic E-state index is 10.9. The lowest BCUT2D eigenvalue weighted by Crippen LogP contribution is -2.31. The van der Waals surface area contributed by atoms with E-state index in [9.17, 15) is 10.1 Å². The van der Waals surface area contributed by atoms with Gasteiger partial charge in [-0.3, -0.25) is 10.1 Å². The third kappa shape index (κ3) is 2.66. The number of aromatic nitrogens is 1. The predicted molar refractivity (Wildman–Crippen MR) is 73.2 cm³/mol. The van der Waals surface area contributed by atoms with Gasteiger partial charge in [0.25, 0.3) is 5.69 Å². The van der Waals surface area contributed by atoms with Crippen molar-refractivity contribution in [2.45, 2.75) is 31.4 Å². The fourth-order valence-corrected chi connectivity index (χ4v) is 2.61. The smallest absolute Gasteiger partial charge is 0.276 e. The average molecular weight is 279 g/mol. The minimum atomic E-state index is -0.461. The third-order valence-electron chi connectivity index (χ3n) is 3.72. The van der Waals surface area contributed by atoms with Gasteiger partial charge in [-0.1, -0.05) is 0 Å². The summed E-state index contributed by atoms with van der Waals surface area (Å²) in [6.45, 7) is 0.718. The molecule has 2 fully saturated rings. The normalized spacial score (nSPS) is 25.4. The molecule has 20 heavy (non-hydrogen) atoms. The highest BCUT2D eigenvalue weighted by Crippen LogP contribution is 2.39. The van der Waals surface area contributed by atoms with Gasteiger partial charge in [0, 0.05) is 6.61 Å². The van der Waals surface area contributed by atoms with Gasteiger partial charge in [-0.05, 0) is 25.2 Å². The summed E-state index contributed by atoms with van der Waals surface area (Å²) >= 11 is 0. The van der Waals surface area contributed by atoms with E-state index < -0.39 is 4.92 Å². The standard InChI is InChI=1S/C12H17N5O3/c13-16-11-6-8(17(18)19)5-10(15-11)14-9-3-4-20-12(9)7-1-2-7/h5-7,9,12H,1-4,13H2,(H2,14,15,16). The number of nitrogens with zero attached hydrogens (tertiary/aromatic N) is 2. The molecule has 2 atom stereocenters. The Morgan fingerprint density at radius 1 is 1.35 bits per heavy atom. The Bertz CT molecular complexity index is 520. The lowest BCUT2D eigenvalue weighted by atomic mass is 10.1. The molecular formula is C12H17N5O3. The molecule has 1 aromatic rings. The summed E-state index contributed by atoms with van der Waals surface area (Å²) in [6.07, 6.45) is 3.46. The lowest BCUT2D eigenvalue weighted by Gasteiger charge is -2.20. The number of ether oxygens (including phenoxy) is 1. The number of nitrogens with two attached hydrogens (primary N) is 1. The molecule has 0 radical (unpaired) electrons. The Morgan fingerprint density at radius 2 is 2.10 bits per heavy atom. The van der Waals surface area contributed by atoms with Gasteiger partial charge in [0.15, 0.2) is 0 Å². The molecule has 4 N–H and O–H groups in total. The fourth-order valence-electron chi connectivity index (χ4n) is 2.61. The number of nitro groups is 1. The number of hydrazine groups is 1. The Balaban J connectivity index is 1.78. The van der Waals surface area contributed by atoms with Gasteiger partial charge in [-0.15, -0.1) is 0 Å². The molecule has 0 aromatic carbocycles. The molecule has 0 bridgehead atoms. The van der Waals surface area contributed by atoms with Crippen molar-refractivity contribution in [1.29, 1.82) is 0 Å². The Labute approximate surface area is 115 Å². The lowest BCUT2D eigenvalue weighted by molar-refractivity contribution is -0.384. The molecule has 8 nitrogen and oxygen atoms in total. The summed E-state index contributed by atoms with van der Waals surface area (Å²) in [5, 5.41) is 14.1. The maximum atomic E-state index is 10.9. The van der Waals surface area contributed by atoms with Gasteiger partial charge < -0.3 is 15.5 Å². The first-order valence-electron chi connectivity index (χ1n) is 6.68. The summed E-state index contributed by atoms with van der Waals surface area (Å²) < 4.78 is 5.73. The van der Waals surface area contributed by atoms with Crippen LogP contribution in [0.2, 0.25) is 0 Å². The van der Waals surface area contributed by atoms with Crippen LogP contribution in [0.1, 0.15) is 19.3 Å². The van der Waals surface area contributed by atoms with Crippen LogP contribution in [0.5, 0.6) is 0 Å². The first-order valence-corrected chi connectivity index (χ1v) is 6.68. The maximum Gasteiger partial charge on any atom is 0.276 e. The summed E-state index contributed by atoms with van der Waals surface area (Å²) in [7, 11) is 0. The van der Waals surface area contributed by atoms with Gasteiger partial charge in [0.2, 0.25) is 0 Å². The number of nitrogens with one attached hydrogen (secondary N) is 2. The van der Waals surface area contributed by atoms with Gasteiger partial charge in [-0.2, -0.15) is 0 Å². The molecule has 8 heteroatoms. The van der Waals surface area contributed by atoms with Crippen LogP contribution in [0.15, 0.2) is 12.1 Å². The van der Waals surface area contributed by atoms with Crippen LogP contribution in [0.4, 0.5) is 17.3 Å². The molecule has 2 unspecified atom stereocenters. The first kappa shape index (κ1) is 13.1. The third-order valence-corrected chi connectivity index (χ3v) is 3.72. The second kappa shape index (κ2) is 5.22. The van der Waals surface area contributed by atoms with Crippen molar-refractivity contribution in [2.24, 2.45) is 11.8 Å². The molecule has 1 aliphatic heterocycles. The number of hydrogen-bond acceptors (Lipinski definition) is 7. The minimum Gasteiger partial charge on any atom is -0.376 e. The van der Waals surface area contributed by atoms with Crippen LogP contribution in [0.3, 0.4) is 0 Å². The summed E-state index contributed by atoms with van der Waals surface area (Å²) in [4.78, 5) is 14.6. The van der Waals surface area contributed by atoms with Crippen molar-refractivity contribution in [3.8, 4) is 0 Å². The molecule has 1 saturated carbocycles. The highest BCUT2D eigenvalue weighted by Gasteiger charge is 2.40. The molecule has 0 amide bonds. The number of rotatable bonds is 5. The van der Waals surface area contributed by atoms with Crippen molar-refractivity contribution in [2.75, 3.05) is 17.3 Å². The van der Waals surface area contributed by atoms with Crippen molar-refractivity contribution in [3.63, 3.8) is 0 Å². The van der Waals surface area contributed by atoms with Crippen LogP contribution in [-0.2, 0) is 4.74 Å². The van der Waals surface area contributed by atoms with Crippen LogP contribution < -0.4 is 16.6 Å². The highest BCUT2D eigenvalue weighted by atomic mass is 16.6. The molecule has 1 saturated heterocycles. The molecule has 2 heterocycles. The first-order chi connectivity index (χ1) is 9.67. The number of anilines is 2. The van der Waals surface area contributed by atoms with Crippen LogP contribution in [0, 0.1) is 16.0 Å². The second-order valence-electron chi connectivity index (χ2n) is 5.21. The van der Waals surface area contributed by atoms with Crippen LogP contribution in [-0.4, -0.2) is 28.7 Å². The van der Waals surface area contributed by atoms with Gasteiger partial charge in [-0.25, -0.2) is 10.8 Å². The van der Waals surface area contributed by atoms with Gasteiger partial charge in [0.1, 0.15) is 11.6 Å². The SMILES string of the molecule is NNc1cc([N+](=O)[O-])cc(NC2CCOC2C2CC2)n1. The van der Waals surface area contributed by atoms with Crippen LogP contribution >= 0.6 is 0 Å². The summed E-state index contributed by atoms with van der Waals surface area (Å²) in [5.74, 6) is 6.63. The van der Waals surface area contributed by atoms with Gasteiger partial charge in [0.05, 0.1) is 29.2 Å². The molecule has 3 rings (SSSR count). The average Bonchev–Trinajstić information content (AvgIpc) is 3.19. The number of nitrogen functional groups attached to an aromatic ring is 1. The Hall–Kier alpha value is -1.93. The van der Waals surface area contributed by atoms with Crippen molar-refractivity contribution in [3.05, 3.63) is 22.2 Å². The second-order valence-corrected chi connectivity index (χ2v) is 5.21. The highest BCUT2D eigenvalue weighted by molar-refractivity contribution is 5.54. The van der Waals surface area contributed by atoms with E-state index >= 15 is 0 Å². The zero-order chi connectivity index (χ0) is 14.1. The molecule has 1 aromatic heterocycles. The molecular weight excluding hydrogens is 262 g/mol. The topological polar surface area (TPSA) is 115 Å². The molecule has 2 aliphatic rings. The van der Waals surface area contributed by atoms with E-state index in [-0.39, 0.29) is 23.7 Å². The summed E-state index contributed by atoms with van der Waals surface area (Å²) in [5.41, 5.74) is 2.30. The van der Waals surface area contributed by atoms with E-state index in [1.165, 1.54) is 25.0 Å². The van der Waals surface area contributed by atoms with E-state index in [0.717, 1.165) is 13.0 Å². The molecule has 0 spiro atoms. The van der Waals surface area contributed by atoms with Crippen molar-refractivity contribution in [1.82, 2.24) is 4.98 Å². The van der Waals surface area contributed by atoms with Crippen molar-refractivity contribution >= 4 is 17.3 Å². The van der Waals surface area contributed by atoms with E-state index in [4.69, 9.17) is 10.6 Å². The molecule has 108 valence electrons. The summed E-state index contributed by atoms with van der Waals surface area (Å²) in [6, 6.07) is 2.88. The molecule has 1 aliphatic carbocycles. The van der Waals surface area contributed by atoms with E-state index in [2.05, 4.69) is 15.7 Å².